The van der Waals surface area contributed by atoms with E-state index in [0.29, 0.717) is 18.4 Å². The second kappa shape index (κ2) is 10.4. The van der Waals surface area contributed by atoms with Gasteiger partial charge in [0, 0.05) is 12.3 Å². The summed E-state index contributed by atoms with van der Waals surface area (Å²) in [6.45, 7) is 2.63. The smallest absolute Gasteiger partial charge is 0.335 e. The van der Waals surface area contributed by atoms with E-state index in [1.807, 2.05) is 19.1 Å². The summed E-state index contributed by atoms with van der Waals surface area (Å²) in [6, 6.07) is 10.4. The molecule has 176 valence electrons. The van der Waals surface area contributed by atoms with Crippen LogP contribution in [0.1, 0.15) is 92.2 Å². The summed E-state index contributed by atoms with van der Waals surface area (Å²) in [7, 11) is 0. The van der Waals surface area contributed by atoms with Crippen LogP contribution in [0, 0.1) is 5.92 Å². The Morgan fingerprint density at radius 2 is 1.79 bits per heavy atom. The fraction of sp³-hybridized carbons (Fsp3) is 0.519. The SMILES string of the molecule is CC(NC(=O)C1(c2ccnc(OCC3CCCCC3)c2)CCCC1)c1ccc(C(=O)O)cc1. The number of nitrogens with zero attached hydrogens (tertiary/aromatic N) is 1. The highest BCUT2D eigenvalue weighted by Gasteiger charge is 2.43. The van der Waals surface area contributed by atoms with Crippen LogP contribution in [0.2, 0.25) is 0 Å². The molecule has 0 aliphatic heterocycles. The number of benzene rings is 1. The van der Waals surface area contributed by atoms with Crippen LogP contribution in [-0.4, -0.2) is 28.6 Å². The lowest BCUT2D eigenvalue weighted by molar-refractivity contribution is -0.127. The second-order valence-corrected chi connectivity index (χ2v) is 9.61. The second-order valence-electron chi connectivity index (χ2n) is 9.61. The first-order valence-electron chi connectivity index (χ1n) is 12.2. The van der Waals surface area contributed by atoms with Gasteiger partial charge in [0.05, 0.1) is 23.6 Å². The summed E-state index contributed by atoms with van der Waals surface area (Å²) < 4.78 is 6.06. The molecule has 1 unspecified atom stereocenters. The molecule has 2 aliphatic rings. The molecule has 6 nitrogen and oxygen atoms in total. The van der Waals surface area contributed by atoms with E-state index in [2.05, 4.69) is 10.3 Å². The monoisotopic (exact) mass is 450 g/mol. The first kappa shape index (κ1) is 23.3. The van der Waals surface area contributed by atoms with Gasteiger partial charge in [-0.25, -0.2) is 9.78 Å². The van der Waals surface area contributed by atoms with Crippen molar-refractivity contribution in [3.05, 3.63) is 59.3 Å². The van der Waals surface area contributed by atoms with Crippen molar-refractivity contribution in [3.63, 3.8) is 0 Å². The molecule has 2 aromatic rings. The highest BCUT2D eigenvalue weighted by Crippen LogP contribution is 2.42. The lowest BCUT2D eigenvalue weighted by atomic mass is 9.78. The number of carbonyl (C=O) groups is 2. The number of aromatic nitrogens is 1. The molecule has 33 heavy (non-hydrogen) atoms. The summed E-state index contributed by atoms with van der Waals surface area (Å²) in [5.74, 6) is 0.261. The Morgan fingerprint density at radius 3 is 2.45 bits per heavy atom. The number of carboxylic acid groups (broad SMARTS) is 1. The van der Waals surface area contributed by atoms with E-state index < -0.39 is 11.4 Å². The van der Waals surface area contributed by atoms with Crippen molar-refractivity contribution in [1.82, 2.24) is 10.3 Å². The molecular weight excluding hydrogens is 416 g/mol. The molecule has 2 N–H and O–H groups in total. The first-order valence-corrected chi connectivity index (χ1v) is 12.2. The molecule has 6 heteroatoms. The van der Waals surface area contributed by atoms with Crippen molar-refractivity contribution >= 4 is 11.9 Å². The van der Waals surface area contributed by atoms with Crippen molar-refractivity contribution < 1.29 is 19.4 Å². The predicted octanol–water partition coefficient (Wildman–Crippen LogP) is 5.43. The minimum atomic E-state index is -0.956. The molecule has 2 aliphatic carbocycles. The van der Waals surface area contributed by atoms with Gasteiger partial charge in [0.1, 0.15) is 0 Å². The van der Waals surface area contributed by atoms with Gasteiger partial charge >= 0.3 is 5.97 Å². The maximum absolute atomic E-state index is 13.6. The van der Waals surface area contributed by atoms with Gasteiger partial charge in [-0.05, 0) is 67.9 Å². The topological polar surface area (TPSA) is 88.5 Å². The van der Waals surface area contributed by atoms with Gasteiger partial charge in [-0.2, -0.15) is 0 Å². The van der Waals surface area contributed by atoms with E-state index in [9.17, 15) is 9.59 Å². The van der Waals surface area contributed by atoms with E-state index in [1.165, 1.54) is 32.1 Å². The number of amides is 1. The third-order valence-corrected chi connectivity index (χ3v) is 7.38. The van der Waals surface area contributed by atoms with Crippen molar-refractivity contribution in [2.24, 2.45) is 5.92 Å². The Bertz CT molecular complexity index is 960. The molecule has 1 amide bonds. The molecule has 1 aromatic carbocycles. The van der Waals surface area contributed by atoms with Crippen molar-refractivity contribution in [2.45, 2.75) is 76.2 Å². The summed E-state index contributed by atoms with van der Waals surface area (Å²) >= 11 is 0. The number of aromatic carboxylic acids is 1. The molecule has 0 radical (unpaired) electrons. The number of rotatable bonds is 8. The quantitative estimate of drug-likeness (QED) is 0.560. The van der Waals surface area contributed by atoms with E-state index in [4.69, 9.17) is 9.84 Å². The maximum atomic E-state index is 13.6. The average molecular weight is 451 g/mol. The van der Waals surface area contributed by atoms with Gasteiger partial charge in [0.2, 0.25) is 11.8 Å². The number of carboxylic acids is 1. The van der Waals surface area contributed by atoms with Gasteiger partial charge in [-0.1, -0.05) is 44.2 Å². The zero-order valence-electron chi connectivity index (χ0n) is 19.4. The van der Waals surface area contributed by atoms with Gasteiger partial charge in [0.15, 0.2) is 0 Å². The van der Waals surface area contributed by atoms with Crippen LogP contribution in [0.25, 0.3) is 0 Å². The highest BCUT2D eigenvalue weighted by atomic mass is 16.5. The molecule has 1 aromatic heterocycles. The summed E-state index contributed by atoms with van der Waals surface area (Å²) in [4.78, 5) is 29.1. The molecule has 0 bridgehead atoms. The van der Waals surface area contributed by atoms with Crippen LogP contribution in [0.15, 0.2) is 42.6 Å². The largest absolute Gasteiger partial charge is 0.478 e. The van der Waals surface area contributed by atoms with Crippen LogP contribution in [0.5, 0.6) is 5.88 Å². The van der Waals surface area contributed by atoms with Crippen LogP contribution in [0.3, 0.4) is 0 Å². The van der Waals surface area contributed by atoms with Crippen molar-refractivity contribution in [1.29, 1.82) is 0 Å². The number of hydrogen-bond acceptors (Lipinski definition) is 4. The Labute approximate surface area is 195 Å². The van der Waals surface area contributed by atoms with E-state index in [0.717, 1.165) is 36.8 Å². The highest BCUT2D eigenvalue weighted by molar-refractivity contribution is 5.89. The molecule has 4 rings (SSSR count). The number of carbonyl (C=O) groups excluding carboxylic acids is 1. The van der Waals surface area contributed by atoms with Crippen molar-refractivity contribution in [2.75, 3.05) is 6.61 Å². The first-order chi connectivity index (χ1) is 16.0. The zero-order valence-corrected chi connectivity index (χ0v) is 19.4. The predicted molar refractivity (Wildman–Crippen MR) is 126 cm³/mol. The van der Waals surface area contributed by atoms with Gasteiger partial charge in [-0.3, -0.25) is 4.79 Å². The van der Waals surface area contributed by atoms with Gasteiger partial charge < -0.3 is 15.2 Å². The van der Waals surface area contributed by atoms with Crippen LogP contribution in [-0.2, 0) is 10.2 Å². The fourth-order valence-corrected chi connectivity index (χ4v) is 5.30. The summed E-state index contributed by atoms with van der Waals surface area (Å²) in [5.41, 5.74) is 1.51. The zero-order chi connectivity index (χ0) is 23.3. The minimum absolute atomic E-state index is 0.0132. The standard InChI is InChI=1S/C27H34N2O4/c1-19(21-9-11-22(12-10-21)25(30)31)29-26(32)27(14-5-6-15-27)23-13-16-28-24(17-23)33-18-20-7-3-2-4-8-20/h9-13,16-17,19-20H,2-8,14-15,18H2,1H3,(H,29,32)(H,30,31). The molecule has 0 spiro atoms. The van der Waals surface area contributed by atoms with Crippen LogP contribution >= 0.6 is 0 Å². The third-order valence-electron chi connectivity index (χ3n) is 7.38. The summed E-state index contributed by atoms with van der Waals surface area (Å²) in [6.07, 6.45) is 11.7. The Kier molecular flexibility index (Phi) is 7.31. The number of pyridine rings is 1. The minimum Gasteiger partial charge on any atom is -0.478 e. The number of ether oxygens (including phenoxy) is 1. The van der Waals surface area contributed by atoms with E-state index >= 15 is 0 Å². The lowest BCUT2D eigenvalue weighted by Gasteiger charge is -2.30. The lowest BCUT2D eigenvalue weighted by Crippen LogP contribution is -2.43. The molecule has 0 saturated heterocycles. The van der Waals surface area contributed by atoms with E-state index in [1.54, 1.807) is 30.5 Å². The van der Waals surface area contributed by atoms with Gasteiger partial charge in [0.25, 0.3) is 0 Å². The Balaban J connectivity index is 1.47. The Hall–Kier alpha value is -2.89. The normalized spacial score (nSPS) is 19.1. The number of hydrogen-bond donors (Lipinski definition) is 2. The summed E-state index contributed by atoms with van der Waals surface area (Å²) in [5, 5.41) is 12.3. The van der Waals surface area contributed by atoms with Crippen molar-refractivity contribution in [3.8, 4) is 5.88 Å². The molecular formula is C27H34N2O4. The maximum Gasteiger partial charge on any atom is 0.335 e. The molecule has 2 saturated carbocycles. The van der Waals surface area contributed by atoms with Gasteiger partial charge in [-0.15, -0.1) is 0 Å². The number of nitrogens with one attached hydrogen (secondary N) is 1. The fourth-order valence-electron chi connectivity index (χ4n) is 5.30. The third kappa shape index (κ3) is 5.37. The van der Waals surface area contributed by atoms with E-state index in [-0.39, 0.29) is 17.5 Å². The van der Waals surface area contributed by atoms with Crippen LogP contribution < -0.4 is 10.1 Å². The van der Waals surface area contributed by atoms with Crippen LogP contribution in [0.4, 0.5) is 0 Å². The molecule has 2 fully saturated rings. The average Bonchev–Trinajstić information content (AvgIpc) is 3.35. The molecule has 1 atom stereocenters. The Morgan fingerprint density at radius 1 is 1.09 bits per heavy atom. The molecule has 1 heterocycles.